The Hall–Kier alpha value is -4.29. The summed E-state index contributed by atoms with van der Waals surface area (Å²) in [4.78, 5) is 61.8. The summed E-state index contributed by atoms with van der Waals surface area (Å²) in [6.45, 7) is 6.37. The number of hydrogen-bond acceptors (Lipinski definition) is 12. The van der Waals surface area contributed by atoms with Gasteiger partial charge in [0.05, 0.1) is 23.3 Å². The Morgan fingerprint density at radius 3 is 1.88 bits per heavy atom. The van der Waals surface area contributed by atoms with Crippen LogP contribution in [0.2, 0.25) is 0 Å². The number of phenols is 2. The maximum Gasteiger partial charge on any atom is 0.303 e. The van der Waals surface area contributed by atoms with Crippen LogP contribution in [0.3, 0.4) is 0 Å². The van der Waals surface area contributed by atoms with Crippen LogP contribution < -0.4 is 0 Å². The van der Waals surface area contributed by atoms with Crippen molar-refractivity contribution in [1.29, 1.82) is 0 Å². The molecule has 0 unspecified atom stereocenters. The maximum absolute atomic E-state index is 13.2. The summed E-state index contributed by atoms with van der Waals surface area (Å²) in [5.74, 6) is -4.64. The Morgan fingerprint density at radius 2 is 1.32 bits per heavy atom. The molecule has 212 valence electrons. The molecule has 1 saturated heterocycles. The van der Waals surface area contributed by atoms with Crippen LogP contribution in [0.1, 0.15) is 78.1 Å². The minimum Gasteiger partial charge on any atom is -0.507 e. The zero-order valence-corrected chi connectivity index (χ0v) is 22.3. The lowest BCUT2D eigenvalue weighted by Crippen LogP contribution is -2.61. The Bertz CT molecular complexity index is 1400. The number of fused-ring (bicyclic) bond motifs is 2. The van der Waals surface area contributed by atoms with E-state index in [2.05, 4.69) is 0 Å². The number of hydrogen-bond donors (Lipinski definition) is 2. The minimum atomic E-state index is -1.42. The van der Waals surface area contributed by atoms with E-state index < -0.39 is 77.8 Å². The van der Waals surface area contributed by atoms with E-state index in [1.807, 2.05) is 0 Å². The molecule has 0 aromatic heterocycles. The summed E-state index contributed by atoms with van der Waals surface area (Å²) in [6, 6.07) is 7.14. The van der Waals surface area contributed by atoms with Crippen molar-refractivity contribution in [3.8, 4) is 11.5 Å². The number of carbonyl (C=O) groups excluding carboxylic acids is 5. The molecule has 1 aliphatic heterocycles. The highest BCUT2D eigenvalue weighted by Gasteiger charge is 2.51. The second-order valence-electron chi connectivity index (χ2n) is 9.50. The van der Waals surface area contributed by atoms with E-state index >= 15 is 0 Å². The van der Waals surface area contributed by atoms with Crippen molar-refractivity contribution in [2.24, 2.45) is 0 Å². The molecule has 6 atom stereocenters. The largest absolute Gasteiger partial charge is 0.507 e. The average Bonchev–Trinajstić information content (AvgIpc) is 2.87. The third kappa shape index (κ3) is 5.27. The second kappa shape index (κ2) is 11.1. The molecular weight excluding hydrogens is 528 g/mol. The highest BCUT2D eigenvalue weighted by molar-refractivity contribution is 6.30. The number of aromatic hydroxyl groups is 2. The van der Waals surface area contributed by atoms with Crippen molar-refractivity contribution < 1.29 is 57.9 Å². The molecule has 0 radical (unpaired) electrons. The van der Waals surface area contributed by atoms with Gasteiger partial charge in [0.15, 0.2) is 36.2 Å². The number of esters is 3. The van der Waals surface area contributed by atoms with Crippen LogP contribution in [-0.2, 0) is 38.1 Å². The first-order valence-corrected chi connectivity index (χ1v) is 12.4. The van der Waals surface area contributed by atoms with E-state index in [9.17, 15) is 34.2 Å². The van der Waals surface area contributed by atoms with Crippen molar-refractivity contribution in [2.45, 2.75) is 71.4 Å². The van der Waals surface area contributed by atoms with Gasteiger partial charge in [-0.25, -0.2) is 0 Å². The summed E-state index contributed by atoms with van der Waals surface area (Å²) in [7, 11) is 0. The number of rotatable bonds is 6. The molecule has 1 heterocycles. The molecule has 0 saturated carbocycles. The number of ketones is 2. The van der Waals surface area contributed by atoms with E-state index in [1.165, 1.54) is 26.0 Å². The molecule has 4 rings (SSSR count). The van der Waals surface area contributed by atoms with Gasteiger partial charge in [0.2, 0.25) is 0 Å². The predicted octanol–water partition coefficient (Wildman–Crippen LogP) is 2.49. The fourth-order valence-corrected chi connectivity index (χ4v) is 4.94. The average molecular weight is 557 g/mol. The van der Waals surface area contributed by atoms with Crippen LogP contribution in [0.15, 0.2) is 30.3 Å². The normalized spacial score (nSPS) is 24.4. The molecule has 1 aliphatic carbocycles. The van der Waals surface area contributed by atoms with Crippen molar-refractivity contribution in [2.75, 3.05) is 0 Å². The summed E-state index contributed by atoms with van der Waals surface area (Å²) < 4.78 is 27.8. The molecule has 2 aliphatic rings. The Balaban J connectivity index is 1.71. The van der Waals surface area contributed by atoms with Crippen LogP contribution in [0.25, 0.3) is 0 Å². The topological polar surface area (TPSA) is 172 Å². The fourth-order valence-electron chi connectivity index (χ4n) is 4.94. The van der Waals surface area contributed by atoms with E-state index in [0.717, 1.165) is 26.8 Å². The standard InChI is InChI=1S/C28H28O12/c1-11(18-10-19(32)20-21(24(18)35)23(34)17-9-7-6-8-16(17)22(20)33)36-28-27(40-15(5)31)26(39-14(4)30)25(12(2)37-28)38-13(3)29/h6-12,25-28,32,35H,1-5H3/t11-,12-,25-,26+,27+,28+/m0/s1. The predicted molar refractivity (Wildman–Crippen MR) is 134 cm³/mol. The second-order valence-corrected chi connectivity index (χ2v) is 9.50. The fraction of sp³-hybridized carbons (Fsp3) is 0.393. The van der Waals surface area contributed by atoms with Gasteiger partial charge >= 0.3 is 17.9 Å². The molecule has 12 nitrogen and oxygen atoms in total. The number of benzene rings is 2. The molecule has 2 aromatic carbocycles. The Kier molecular flexibility index (Phi) is 7.94. The quantitative estimate of drug-likeness (QED) is 0.258. The van der Waals surface area contributed by atoms with Crippen LogP contribution in [0.5, 0.6) is 11.5 Å². The monoisotopic (exact) mass is 556 g/mol. The number of carbonyl (C=O) groups is 5. The minimum absolute atomic E-state index is 0.0687. The highest BCUT2D eigenvalue weighted by atomic mass is 16.7. The van der Waals surface area contributed by atoms with Crippen LogP contribution in [0, 0.1) is 0 Å². The molecule has 1 fully saturated rings. The molecule has 2 N–H and O–H groups in total. The van der Waals surface area contributed by atoms with Crippen LogP contribution in [-0.4, -0.2) is 70.4 Å². The van der Waals surface area contributed by atoms with E-state index in [4.69, 9.17) is 23.7 Å². The summed E-state index contributed by atoms with van der Waals surface area (Å²) in [5.41, 5.74) is -0.617. The van der Waals surface area contributed by atoms with Gasteiger partial charge < -0.3 is 33.9 Å². The Labute approximate surface area is 228 Å². The molecule has 0 bridgehead atoms. The van der Waals surface area contributed by atoms with Crippen molar-refractivity contribution in [3.05, 3.63) is 58.1 Å². The van der Waals surface area contributed by atoms with Gasteiger partial charge in [0.25, 0.3) is 0 Å². The van der Waals surface area contributed by atoms with Gasteiger partial charge in [-0.05, 0) is 19.9 Å². The molecular formula is C28H28O12. The lowest BCUT2D eigenvalue weighted by molar-refractivity contribution is -0.309. The van der Waals surface area contributed by atoms with Gasteiger partial charge in [-0.2, -0.15) is 0 Å². The van der Waals surface area contributed by atoms with Gasteiger partial charge in [-0.15, -0.1) is 0 Å². The highest BCUT2D eigenvalue weighted by Crippen LogP contribution is 2.43. The lowest BCUT2D eigenvalue weighted by atomic mass is 9.81. The molecule has 2 aromatic rings. The molecule has 0 spiro atoms. The summed E-state index contributed by atoms with van der Waals surface area (Å²) >= 11 is 0. The number of phenolic OH excluding ortho intramolecular Hbond substituents is 2. The van der Waals surface area contributed by atoms with E-state index in [-0.39, 0.29) is 27.8 Å². The van der Waals surface area contributed by atoms with Crippen LogP contribution >= 0.6 is 0 Å². The van der Waals surface area contributed by atoms with Gasteiger partial charge in [0.1, 0.15) is 11.5 Å². The third-order valence-corrected chi connectivity index (χ3v) is 6.59. The lowest BCUT2D eigenvalue weighted by Gasteiger charge is -2.44. The zero-order chi connectivity index (χ0) is 29.5. The number of ether oxygens (including phenoxy) is 5. The first-order chi connectivity index (χ1) is 18.8. The SMILES string of the molecule is CC(=O)O[C@@H]1[C@@H](OC(C)=O)[C@H](C)O[C@@H](O[C@@H](C)c2cc(O)c3c(c2O)C(=O)c2ccccc2C3=O)[C@@H]1OC(C)=O. The summed E-state index contributed by atoms with van der Waals surface area (Å²) in [6.07, 6.45) is -7.32. The smallest absolute Gasteiger partial charge is 0.303 e. The van der Waals surface area contributed by atoms with Crippen molar-refractivity contribution in [3.63, 3.8) is 0 Å². The van der Waals surface area contributed by atoms with Crippen LogP contribution in [0.4, 0.5) is 0 Å². The maximum atomic E-state index is 13.2. The van der Waals surface area contributed by atoms with Crippen molar-refractivity contribution in [1.82, 2.24) is 0 Å². The first kappa shape index (κ1) is 28.7. The molecule has 0 amide bonds. The molecule has 12 heteroatoms. The summed E-state index contributed by atoms with van der Waals surface area (Å²) in [5, 5.41) is 21.9. The molecule has 40 heavy (non-hydrogen) atoms. The zero-order valence-electron chi connectivity index (χ0n) is 22.3. The van der Waals surface area contributed by atoms with Gasteiger partial charge in [-0.3, -0.25) is 24.0 Å². The van der Waals surface area contributed by atoms with E-state index in [0.29, 0.717) is 0 Å². The van der Waals surface area contributed by atoms with Gasteiger partial charge in [0, 0.05) is 37.5 Å². The van der Waals surface area contributed by atoms with E-state index in [1.54, 1.807) is 12.1 Å². The van der Waals surface area contributed by atoms with Crippen molar-refractivity contribution >= 4 is 29.5 Å². The first-order valence-electron chi connectivity index (χ1n) is 12.4. The Morgan fingerprint density at radius 1 is 0.825 bits per heavy atom. The van der Waals surface area contributed by atoms with Gasteiger partial charge in [-0.1, -0.05) is 24.3 Å². The third-order valence-electron chi connectivity index (χ3n) is 6.59.